The number of rotatable bonds is 6. The Hall–Kier alpha value is -1.34. The average Bonchev–Trinajstić information content (AvgIpc) is 2.21. The Kier molecular flexibility index (Phi) is 6.43. The van der Waals surface area contributed by atoms with E-state index in [2.05, 4.69) is 5.32 Å². The van der Waals surface area contributed by atoms with Gasteiger partial charge in [0.2, 0.25) is 0 Å². The van der Waals surface area contributed by atoms with Crippen LogP contribution in [0.4, 0.5) is 4.79 Å². The maximum atomic E-state index is 11.5. The van der Waals surface area contributed by atoms with Crippen LogP contribution in [0.5, 0.6) is 0 Å². The third kappa shape index (κ3) is 4.45. The first-order valence-electron chi connectivity index (χ1n) is 5.01. The lowest BCUT2D eigenvalue weighted by molar-refractivity contribution is -0.141. The van der Waals surface area contributed by atoms with Crippen LogP contribution in [0.3, 0.4) is 0 Å². The van der Waals surface area contributed by atoms with Gasteiger partial charge >= 0.3 is 12.0 Å². The monoisotopic (exact) mass is 234 g/mol. The van der Waals surface area contributed by atoms with Gasteiger partial charge in [-0.25, -0.2) is 9.59 Å². The van der Waals surface area contributed by atoms with Gasteiger partial charge in [0.25, 0.3) is 0 Å². The smallest absolute Gasteiger partial charge is 0.328 e. The van der Waals surface area contributed by atoms with E-state index < -0.39 is 24.1 Å². The van der Waals surface area contributed by atoms with Crippen molar-refractivity contribution in [2.24, 2.45) is 0 Å². The van der Waals surface area contributed by atoms with Gasteiger partial charge in [0, 0.05) is 13.1 Å². The minimum absolute atomic E-state index is 0.120. The summed E-state index contributed by atoms with van der Waals surface area (Å²) in [4.78, 5) is 23.5. The Labute approximate surface area is 93.7 Å². The highest BCUT2D eigenvalue weighted by atomic mass is 16.4. The second-order valence-electron chi connectivity index (χ2n) is 3.31. The molecule has 0 saturated heterocycles. The molecule has 16 heavy (non-hydrogen) atoms. The van der Waals surface area contributed by atoms with E-state index in [4.69, 9.17) is 15.3 Å². The number of carbonyl (C=O) groups is 2. The van der Waals surface area contributed by atoms with Gasteiger partial charge in [0.1, 0.15) is 0 Å². The first-order valence-corrected chi connectivity index (χ1v) is 5.01. The van der Waals surface area contributed by atoms with Crippen molar-refractivity contribution in [3.8, 4) is 0 Å². The van der Waals surface area contributed by atoms with Gasteiger partial charge in [-0.15, -0.1) is 0 Å². The van der Waals surface area contributed by atoms with Gasteiger partial charge < -0.3 is 25.5 Å². The number of carboxylic acid groups (broad SMARTS) is 1. The number of urea groups is 1. The number of likely N-dealkylation sites (N-methyl/N-ethyl adjacent to an activating group) is 1. The lowest BCUT2D eigenvalue weighted by atomic mass is 10.2. The summed E-state index contributed by atoms with van der Waals surface area (Å²) >= 11 is 0. The highest BCUT2D eigenvalue weighted by Gasteiger charge is 2.26. The van der Waals surface area contributed by atoms with E-state index in [1.54, 1.807) is 6.92 Å². The molecule has 0 fully saturated rings. The molecule has 0 bridgehead atoms. The van der Waals surface area contributed by atoms with Crippen LogP contribution in [0.1, 0.15) is 13.8 Å². The zero-order chi connectivity index (χ0) is 12.7. The molecule has 2 atom stereocenters. The van der Waals surface area contributed by atoms with Crippen molar-refractivity contribution in [1.29, 1.82) is 0 Å². The highest BCUT2D eigenvalue weighted by molar-refractivity contribution is 5.83. The Balaban J connectivity index is 4.43. The topological polar surface area (TPSA) is 110 Å². The van der Waals surface area contributed by atoms with Gasteiger partial charge in [-0.3, -0.25) is 0 Å². The molecule has 0 radical (unpaired) electrons. The third-order valence-electron chi connectivity index (χ3n) is 2.07. The van der Waals surface area contributed by atoms with Crippen molar-refractivity contribution in [3.63, 3.8) is 0 Å². The maximum Gasteiger partial charge on any atom is 0.328 e. The zero-order valence-electron chi connectivity index (χ0n) is 9.38. The minimum atomic E-state index is -1.35. The molecule has 7 heteroatoms. The van der Waals surface area contributed by atoms with Gasteiger partial charge in [-0.05, 0) is 13.8 Å². The average molecular weight is 234 g/mol. The summed E-state index contributed by atoms with van der Waals surface area (Å²) in [5.74, 6) is -1.30. The Morgan fingerprint density at radius 1 is 1.44 bits per heavy atom. The summed E-state index contributed by atoms with van der Waals surface area (Å²) < 4.78 is 0. The number of hydrogen-bond donors (Lipinski definition) is 4. The number of aliphatic carboxylic acids is 1. The molecule has 0 aliphatic heterocycles. The van der Waals surface area contributed by atoms with Crippen molar-refractivity contribution in [3.05, 3.63) is 0 Å². The SMILES string of the molecule is CCN(CCO)C(=O)N[C@H](C(=O)O)[C@@H](C)O. The number of nitrogens with zero attached hydrogens (tertiary/aromatic N) is 1. The van der Waals surface area contributed by atoms with Crippen LogP contribution < -0.4 is 5.32 Å². The number of carbonyl (C=O) groups excluding carboxylic acids is 1. The van der Waals surface area contributed by atoms with Crippen LogP contribution in [0.15, 0.2) is 0 Å². The number of aliphatic hydroxyl groups is 2. The molecule has 0 aliphatic rings. The normalized spacial score (nSPS) is 14.0. The second kappa shape index (κ2) is 7.02. The van der Waals surface area contributed by atoms with Crippen molar-refractivity contribution in [2.75, 3.05) is 19.7 Å². The molecule has 0 aromatic carbocycles. The molecule has 0 unspecified atom stereocenters. The first kappa shape index (κ1) is 14.7. The van der Waals surface area contributed by atoms with Crippen LogP contribution in [0, 0.1) is 0 Å². The van der Waals surface area contributed by atoms with E-state index in [1.807, 2.05) is 0 Å². The fraction of sp³-hybridized carbons (Fsp3) is 0.778. The highest BCUT2D eigenvalue weighted by Crippen LogP contribution is 1.96. The number of hydrogen-bond acceptors (Lipinski definition) is 4. The van der Waals surface area contributed by atoms with Gasteiger partial charge in [-0.1, -0.05) is 0 Å². The molecule has 0 heterocycles. The summed E-state index contributed by atoms with van der Waals surface area (Å²) in [6, 6.07) is -1.97. The number of aliphatic hydroxyl groups excluding tert-OH is 2. The molecule has 0 rings (SSSR count). The minimum Gasteiger partial charge on any atom is -0.480 e. The fourth-order valence-corrected chi connectivity index (χ4v) is 1.14. The number of carboxylic acids is 1. The largest absolute Gasteiger partial charge is 0.480 e. The molecule has 4 N–H and O–H groups in total. The van der Waals surface area contributed by atoms with Crippen molar-refractivity contribution in [1.82, 2.24) is 10.2 Å². The summed E-state index contributed by atoms with van der Waals surface area (Å²) in [6.07, 6.45) is -1.19. The predicted octanol–water partition coefficient (Wildman–Crippen LogP) is -1.16. The standard InChI is InChI=1S/C9H18N2O5/c1-3-11(4-5-12)9(16)10-7(6(2)13)8(14)15/h6-7,12-13H,3-5H2,1-2H3,(H,10,16)(H,14,15)/t6-,7+/m1/s1. The summed E-state index contributed by atoms with van der Waals surface area (Å²) in [5.41, 5.74) is 0. The van der Waals surface area contributed by atoms with E-state index in [0.717, 1.165) is 0 Å². The lowest BCUT2D eigenvalue weighted by Gasteiger charge is -2.24. The summed E-state index contributed by atoms with van der Waals surface area (Å²) in [7, 11) is 0. The predicted molar refractivity (Wildman–Crippen MR) is 56.0 cm³/mol. The van der Waals surface area contributed by atoms with Crippen LogP contribution >= 0.6 is 0 Å². The van der Waals surface area contributed by atoms with Gasteiger partial charge in [0.15, 0.2) is 6.04 Å². The lowest BCUT2D eigenvalue weighted by Crippen LogP contribution is -2.52. The number of amides is 2. The molecule has 0 saturated carbocycles. The third-order valence-corrected chi connectivity index (χ3v) is 2.07. The number of nitrogens with one attached hydrogen (secondary N) is 1. The maximum absolute atomic E-state index is 11.5. The Bertz CT molecular complexity index is 244. The van der Waals surface area contributed by atoms with E-state index >= 15 is 0 Å². The summed E-state index contributed by atoms with van der Waals surface area (Å²) in [6.45, 7) is 3.25. The van der Waals surface area contributed by atoms with E-state index in [0.29, 0.717) is 6.54 Å². The van der Waals surface area contributed by atoms with Gasteiger partial charge in [-0.2, -0.15) is 0 Å². The van der Waals surface area contributed by atoms with Crippen molar-refractivity contribution < 1.29 is 24.9 Å². The van der Waals surface area contributed by atoms with Crippen LogP contribution in [0.2, 0.25) is 0 Å². The zero-order valence-corrected chi connectivity index (χ0v) is 9.38. The molecule has 2 amide bonds. The molecule has 0 aliphatic carbocycles. The molecule has 7 nitrogen and oxygen atoms in total. The quantitative estimate of drug-likeness (QED) is 0.463. The van der Waals surface area contributed by atoms with Crippen LogP contribution in [-0.2, 0) is 4.79 Å². The van der Waals surface area contributed by atoms with Gasteiger partial charge in [0.05, 0.1) is 12.7 Å². The van der Waals surface area contributed by atoms with E-state index in [-0.39, 0.29) is 13.2 Å². The molecular formula is C9H18N2O5. The molecular weight excluding hydrogens is 216 g/mol. The molecule has 0 spiro atoms. The molecule has 0 aromatic rings. The summed E-state index contributed by atoms with van der Waals surface area (Å²) in [5, 5.41) is 28.7. The van der Waals surface area contributed by atoms with Crippen molar-refractivity contribution >= 4 is 12.0 Å². The fourth-order valence-electron chi connectivity index (χ4n) is 1.14. The molecule has 94 valence electrons. The van der Waals surface area contributed by atoms with Crippen molar-refractivity contribution in [2.45, 2.75) is 26.0 Å². The molecule has 0 aromatic heterocycles. The Morgan fingerprint density at radius 2 is 2.00 bits per heavy atom. The van der Waals surface area contributed by atoms with E-state index in [9.17, 15) is 9.59 Å². The van der Waals surface area contributed by atoms with Crippen LogP contribution in [0.25, 0.3) is 0 Å². The second-order valence-corrected chi connectivity index (χ2v) is 3.31. The first-order chi connectivity index (χ1) is 7.43. The van der Waals surface area contributed by atoms with E-state index in [1.165, 1.54) is 11.8 Å². The Morgan fingerprint density at radius 3 is 2.31 bits per heavy atom. The van der Waals surface area contributed by atoms with Crippen LogP contribution in [-0.4, -0.2) is 64.1 Å².